The van der Waals surface area contributed by atoms with Crippen molar-refractivity contribution in [2.45, 2.75) is 64.7 Å². The Balaban J connectivity index is 1.58. The third-order valence-corrected chi connectivity index (χ3v) is 8.53. The first kappa shape index (κ1) is 32.0. The van der Waals surface area contributed by atoms with Crippen molar-refractivity contribution in [3.8, 4) is 5.75 Å². The van der Waals surface area contributed by atoms with Gasteiger partial charge in [0.05, 0.1) is 13.2 Å². The van der Waals surface area contributed by atoms with Gasteiger partial charge in [-0.3, -0.25) is 23.7 Å². The number of ether oxygens (including phenoxy) is 2. The second-order valence-electron chi connectivity index (χ2n) is 11.6. The second-order valence-corrected chi connectivity index (χ2v) is 13.7. The number of carbonyl (C=O) groups is 1. The van der Waals surface area contributed by atoms with Gasteiger partial charge < -0.3 is 24.2 Å². The summed E-state index contributed by atoms with van der Waals surface area (Å²) in [6.45, 7) is 8.16. The van der Waals surface area contributed by atoms with E-state index in [-0.39, 0.29) is 22.5 Å². The highest BCUT2D eigenvalue weighted by molar-refractivity contribution is 7.71. The normalized spacial score (nSPS) is 24.7. The van der Waals surface area contributed by atoms with Gasteiger partial charge in [-0.15, -0.1) is 0 Å². The van der Waals surface area contributed by atoms with Crippen LogP contribution in [-0.4, -0.2) is 62.8 Å². The van der Waals surface area contributed by atoms with Crippen LogP contribution in [0.2, 0.25) is 0 Å². The summed E-state index contributed by atoms with van der Waals surface area (Å²) in [7, 11) is -4.35. The van der Waals surface area contributed by atoms with E-state index in [1.54, 1.807) is 24.3 Å². The molecule has 1 saturated heterocycles. The van der Waals surface area contributed by atoms with Gasteiger partial charge in [0, 0.05) is 17.6 Å². The molecule has 1 aliphatic heterocycles. The minimum absolute atomic E-state index is 0.0317. The number of nitrogens with zero attached hydrogens (tertiary/aromatic N) is 1. The van der Waals surface area contributed by atoms with Gasteiger partial charge in [-0.05, 0) is 42.9 Å². The number of rotatable bonds is 10. The van der Waals surface area contributed by atoms with E-state index in [9.17, 15) is 24.4 Å². The van der Waals surface area contributed by atoms with Gasteiger partial charge in [0.25, 0.3) is 5.56 Å². The number of hydrogen-bond acceptors (Lipinski definition) is 10. The Labute approximate surface area is 248 Å². The molecule has 6 atom stereocenters. The predicted molar refractivity (Wildman–Crippen MR) is 158 cm³/mol. The number of benzene rings is 2. The Morgan fingerprint density at radius 3 is 2.62 bits per heavy atom. The van der Waals surface area contributed by atoms with Gasteiger partial charge in [0.1, 0.15) is 29.6 Å². The van der Waals surface area contributed by atoms with E-state index in [1.165, 1.54) is 30.7 Å². The Morgan fingerprint density at radius 1 is 1.24 bits per heavy atom. The van der Waals surface area contributed by atoms with Crippen molar-refractivity contribution in [2.24, 2.45) is 5.41 Å². The van der Waals surface area contributed by atoms with E-state index in [1.807, 2.05) is 39.0 Å². The lowest BCUT2D eigenvalue weighted by molar-refractivity contribution is -0.148. The number of hydrogen-bond donors (Lipinski definition) is 4. The van der Waals surface area contributed by atoms with Crippen LogP contribution < -0.4 is 15.2 Å². The highest BCUT2D eigenvalue weighted by Crippen LogP contribution is 2.48. The minimum Gasteiger partial charge on any atom is -0.464 e. The second kappa shape index (κ2) is 12.4. The number of aromatic amines is 1. The van der Waals surface area contributed by atoms with Crippen LogP contribution in [0.25, 0.3) is 10.8 Å². The molecule has 0 spiro atoms. The summed E-state index contributed by atoms with van der Waals surface area (Å²) in [5, 5.41) is 26.2. The summed E-state index contributed by atoms with van der Waals surface area (Å²) in [5.74, 6) is -0.431. The molecule has 0 saturated carbocycles. The first-order valence-corrected chi connectivity index (χ1v) is 15.3. The number of carbonyl (C=O) groups excluding carboxylic acids is 1. The van der Waals surface area contributed by atoms with Gasteiger partial charge in [-0.2, -0.15) is 5.09 Å². The topological polar surface area (TPSA) is 161 Å². The molecule has 4 rings (SSSR count). The molecule has 42 heavy (non-hydrogen) atoms. The fraction of sp³-hybridized carbons (Fsp3) is 0.464. The van der Waals surface area contributed by atoms with Gasteiger partial charge >= 0.3 is 13.7 Å². The molecule has 2 unspecified atom stereocenters. The van der Waals surface area contributed by atoms with Crippen LogP contribution in [-0.2, 0) is 23.4 Å². The first-order valence-electron chi connectivity index (χ1n) is 13.3. The van der Waals surface area contributed by atoms with Gasteiger partial charge in [-0.25, -0.2) is 4.57 Å². The van der Waals surface area contributed by atoms with Crippen molar-refractivity contribution in [1.82, 2.24) is 14.6 Å². The number of aromatic nitrogens is 2. The SMILES string of the molecule is C[C@H](NP(=O)(OC[C@H]1O[C@@H](n2ccc(=O)[nH]c2=S)C(C)(O)[C@H]1O)Oc1cccc2ccccc12)C(=O)OCC(C)(C)C. The summed E-state index contributed by atoms with van der Waals surface area (Å²) in [5.41, 5.74) is -2.60. The third-order valence-electron chi connectivity index (χ3n) is 6.59. The number of H-pyrrole nitrogens is 1. The van der Waals surface area contributed by atoms with E-state index < -0.39 is 56.0 Å². The Kier molecular flexibility index (Phi) is 9.43. The maximum absolute atomic E-state index is 14.2. The lowest BCUT2D eigenvalue weighted by Crippen LogP contribution is -2.45. The van der Waals surface area contributed by atoms with Crippen LogP contribution >= 0.6 is 20.0 Å². The molecule has 1 aliphatic rings. The van der Waals surface area contributed by atoms with Gasteiger partial charge in [-0.1, -0.05) is 57.2 Å². The molecule has 0 amide bonds. The maximum Gasteiger partial charge on any atom is 0.459 e. The summed E-state index contributed by atoms with van der Waals surface area (Å²) < 4.78 is 38.4. The fourth-order valence-electron chi connectivity index (χ4n) is 4.36. The number of aliphatic hydroxyl groups is 2. The maximum atomic E-state index is 14.2. The average molecular weight is 622 g/mol. The van der Waals surface area contributed by atoms with E-state index >= 15 is 0 Å². The highest BCUT2D eigenvalue weighted by Gasteiger charge is 2.54. The van der Waals surface area contributed by atoms with Gasteiger partial charge in [0.2, 0.25) is 0 Å². The molecular weight excluding hydrogens is 585 g/mol. The van der Waals surface area contributed by atoms with E-state index in [0.29, 0.717) is 5.39 Å². The van der Waals surface area contributed by atoms with Crippen molar-refractivity contribution >= 4 is 36.7 Å². The van der Waals surface area contributed by atoms with Crippen molar-refractivity contribution < 1.29 is 38.1 Å². The average Bonchev–Trinajstić information content (AvgIpc) is 3.14. The van der Waals surface area contributed by atoms with Crippen LogP contribution in [0.15, 0.2) is 59.5 Å². The van der Waals surface area contributed by atoms with Crippen molar-refractivity contribution in [3.63, 3.8) is 0 Å². The number of aliphatic hydroxyl groups excluding tert-OH is 1. The molecule has 0 radical (unpaired) electrons. The molecule has 4 N–H and O–H groups in total. The Morgan fingerprint density at radius 2 is 1.93 bits per heavy atom. The zero-order valence-corrected chi connectivity index (χ0v) is 25.7. The molecule has 14 heteroatoms. The minimum atomic E-state index is -4.35. The molecule has 2 aromatic carbocycles. The zero-order valence-electron chi connectivity index (χ0n) is 24.0. The van der Waals surface area contributed by atoms with Crippen molar-refractivity contribution in [3.05, 3.63) is 69.9 Å². The summed E-state index contributed by atoms with van der Waals surface area (Å²) in [6.07, 6.45) is -2.59. The molecule has 1 aromatic heterocycles. The number of esters is 1. The summed E-state index contributed by atoms with van der Waals surface area (Å²) in [4.78, 5) is 26.8. The van der Waals surface area contributed by atoms with Crippen molar-refractivity contribution in [1.29, 1.82) is 0 Å². The standard InChI is InChI=1S/C28H36N3O9PS/c1-17(24(34)37-16-27(2,3)4)30-41(36,40-20-12-8-10-18-9-6-7-11-19(18)20)38-15-21-23(33)28(5,35)25(39-21)31-14-13-22(32)29-26(31)42/h6-14,17,21,23,25,33,35H,15-16H2,1-5H3,(H,30,36)(H,29,32,42)/t17-,21+,23-,25+,28?,41?/m0/s1. The molecule has 228 valence electrons. The fourth-order valence-corrected chi connectivity index (χ4v) is 6.14. The Bertz CT molecular complexity index is 1590. The summed E-state index contributed by atoms with van der Waals surface area (Å²) >= 11 is 5.19. The smallest absolute Gasteiger partial charge is 0.459 e. The predicted octanol–water partition coefficient (Wildman–Crippen LogP) is 3.84. The summed E-state index contributed by atoms with van der Waals surface area (Å²) in [6, 6.07) is 12.6. The van der Waals surface area contributed by atoms with Crippen LogP contribution in [0.5, 0.6) is 5.75 Å². The first-order chi connectivity index (χ1) is 19.6. The van der Waals surface area contributed by atoms with E-state index in [4.69, 9.17) is 30.7 Å². The lowest BCUT2D eigenvalue weighted by atomic mass is 9.96. The van der Waals surface area contributed by atoms with Gasteiger partial charge in [0.15, 0.2) is 11.0 Å². The molecule has 1 fully saturated rings. The lowest BCUT2D eigenvalue weighted by Gasteiger charge is -2.28. The monoisotopic (exact) mass is 621 g/mol. The number of nitrogens with one attached hydrogen (secondary N) is 2. The largest absolute Gasteiger partial charge is 0.464 e. The molecule has 3 aromatic rings. The van der Waals surface area contributed by atoms with Crippen LogP contribution in [0.1, 0.15) is 40.8 Å². The Hall–Kier alpha value is -2.90. The molecular formula is C28H36N3O9PS. The number of fused-ring (bicyclic) bond motifs is 1. The van der Waals surface area contributed by atoms with Crippen molar-refractivity contribution in [2.75, 3.05) is 13.2 Å². The molecule has 2 heterocycles. The quantitative estimate of drug-likeness (QED) is 0.148. The molecule has 0 bridgehead atoms. The third kappa shape index (κ3) is 7.35. The zero-order chi connectivity index (χ0) is 30.9. The van der Waals surface area contributed by atoms with Crippen LogP contribution in [0, 0.1) is 10.2 Å². The molecule has 0 aliphatic carbocycles. The van der Waals surface area contributed by atoms with Crippen LogP contribution in [0.4, 0.5) is 0 Å². The van der Waals surface area contributed by atoms with E-state index in [0.717, 1.165) is 5.39 Å². The highest BCUT2D eigenvalue weighted by atomic mass is 32.1. The van der Waals surface area contributed by atoms with E-state index in [2.05, 4.69) is 10.1 Å². The van der Waals surface area contributed by atoms with Crippen LogP contribution in [0.3, 0.4) is 0 Å². The molecule has 12 nitrogen and oxygen atoms in total.